The lowest BCUT2D eigenvalue weighted by atomic mass is 10.1. The number of carboxylic acid groups (broad SMARTS) is 1. The van der Waals surface area contributed by atoms with E-state index in [1.54, 1.807) is 12.1 Å². The van der Waals surface area contributed by atoms with Gasteiger partial charge < -0.3 is 5.11 Å². The zero-order valence-electron chi connectivity index (χ0n) is 8.27. The van der Waals surface area contributed by atoms with E-state index in [0.717, 1.165) is 11.3 Å². The molecular weight excluding hydrogens is 228 g/mol. The van der Waals surface area contributed by atoms with Gasteiger partial charge in [-0.2, -0.15) is 5.10 Å². The predicted octanol–water partition coefficient (Wildman–Crippen LogP) is 2.36. The second-order valence-corrected chi connectivity index (χ2v) is 3.78. The van der Waals surface area contributed by atoms with Crippen molar-refractivity contribution in [2.75, 3.05) is 0 Å². The maximum absolute atomic E-state index is 10.6. The second-order valence-electron chi connectivity index (χ2n) is 3.35. The lowest BCUT2D eigenvalue weighted by molar-refractivity contribution is -0.136. The standard InChI is InChI=1S/C11H9ClN2O2/c12-9-3-1-7(2-4-9)11-8(5-10(15)16)6-13-14-11/h1-4,6H,5H2,(H,13,14)(H,15,16). The molecule has 4 nitrogen and oxygen atoms in total. The maximum Gasteiger partial charge on any atom is 0.307 e. The van der Waals surface area contributed by atoms with Crippen molar-refractivity contribution in [3.8, 4) is 11.3 Å². The fraction of sp³-hybridized carbons (Fsp3) is 0.0909. The SMILES string of the molecule is O=C(O)Cc1cn[nH]c1-c1ccc(Cl)cc1. The number of carbonyl (C=O) groups is 1. The highest BCUT2D eigenvalue weighted by molar-refractivity contribution is 6.30. The Morgan fingerprint density at radius 2 is 2.06 bits per heavy atom. The number of aromatic amines is 1. The summed E-state index contributed by atoms with van der Waals surface area (Å²) in [5.41, 5.74) is 2.26. The van der Waals surface area contributed by atoms with Crippen molar-refractivity contribution in [2.24, 2.45) is 0 Å². The summed E-state index contributed by atoms with van der Waals surface area (Å²) in [6.45, 7) is 0. The molecule has 16 heavy (non-hydrogen) atoms. The van der Waals surface area contributed by atoms with Crippen molar-refractivity contribution >= 4 is 17.6 Å². The van der Waals surface area contributed by atoms with Crippen LogP contribution in [0.4, 0.5) is 0 Å². The number of nitrogens with one attached hydrogen (secondary N) is 1. The number of H-pyrrole nitrogens is 1. The Hall–Kier alpha value is -1.81. The first kappa shape index (κ1) is 10.7. The van der Waals surface area contributed by atoms with Crippen molar-refractivity contribution in [3.63, 3.8) is 0 Å². The maximum atomic E-state index is 10.6. The molecule has 0 amide bonds. The molecule has 2 aromatic rings. The molecule has 0 fully saturated rings. The van der Waals surface area contributed by atoms with Crippen molar-refractivity contribution in [3.05, 3.63) is 41.0 Å². The first-order valence-electron chi connectivity index (χ1n) is 4.67. The number of aromatic nitrogens is 2. The summed E-state index contributed by atoms with van der Waals surface area (Å²) >= 11 is 5.78. The molecule has 0 bridgehead atoms. The number of carboxylic acids is 1. The molecule has 0 spiro atoms. The smallest absolute Gasteiger partial charge is 0.307 e. The lowest BCUT2D eigenvalue weighted by Gasteiger charge is -2.01. The topological polar surface area (TPSA) is 66.0 Å². The van der Waals surface area contributed by atoms with E-state index in [2.05, 4.69) is 10.2 Å². The van der Waals surface area contributed by atoms with Gasteiger partial charge in [-0.3, -0.25) is 9.89 Å². The Balaban J connectivity index is 2.36. The molecular formula is C11H9ClN2O2. The fourth-order valence-corrected chi connectivity index (χ4v) is 1.60. The van der Waals surface area contributed by atoms with Gasteiger partial charge in [0.05, 0.1) is 18.3 Å². The van der Waals surface area contributed by atoms with Crippen molar-refractivity contribution < 1.29 is 9.90 Å². The largest absolute Gasteiger partial charge is 0.481 e. The molecule has 5 heteroatoms. The summed E-state index contributed by atoms with van der Waals surface area (Å²) in [5, 5.41) is 16.0. The first-order valence-corrected chi connectivity index (χ1v) is 5.04. The van der Waals surface area contributed by atoms with Crippen LogP contribution in [0.1, 0.15) is 5.56 Å². The van der Waals surface area contributed by atoms with E-state index >= 15 is 0 Å². The summed E-state index contributed by atoms with van der Waals surface area (Å²) in [6, 6.07) is 7.15. The third kappa shape index (κ3) is 2.23. The first-order chi connectivity index (χ1) is 7.66. The van der Waals surface area contributed by atoms with Crippen LogP contribution < -0.4 is 0 Å². The quantitative estimate of drug-likeness (QED) is 0.860. The van der Waals surface area contributed by atoms with Crippen LogP contribution in [0.25, 0.3) is 11.3 Å². The van der Waals surface area contributed by atoms with E-state index in [4.69, 9.17) is 16.7 Å². The highest BCUT2D eigenvalue weighted by Crippen LogP contribution is 2.23. The summed E-state index contributed by atoms with van der Waals surface area (Å²) in [4.78, 5) is 10.6. The zero-order valence-corrected chi connectivity index (χ0v) is 9.03. The number of aliphatic carboxylic acids is 1. The van der Waals surface area contributed by atoms with Crippen LogP contribution in [0.2, 0.25) is 5.02 Å². The molecule has 0 saturated carbocycles. The Bertz CT molecular complexity index is 505. The van der Waals surface area contributed by atoms with Gasteiger partial charge in [0.1, 0.15) is 0 Å². The third-order valence-electron chi connectivity index (χ3n) is 2.19. The number of hydrogen-bond donors (Lipinski definition) is 2. The number of hydrogen-bond acceptors (Lipinski definition) is 2. The van der Waals surface area contributed by atoms with E-state index in [1.165, 1.54) is 6.20 Å². The molecule has 0 aliphatic heterocycles. The second kappa shape index (κ2) is 4.37. The Kier molecular flexibility index (Phi) is 2.92. The number of rotatable bonds is 3. The van der Waals surface area contributed by atoms with Crippen LogP contribution in [0.15, 0.2) is 30.5 Å². The van der Waals surface area contributed by atoms with E-state index < -0.39 is 5.97 Å². The van der Waals surface area contributed by atoms with Crippen molar-refractivity contribution in [1.82, 2.24) is 10.2 Å². The van der Waals surface area contributed by atoms with E-state index in [-0.39, 0.29) is 6.42 Å². The molecule has 0 radical (unpaired) electrons. The molecule has 0 aliphatic carbocycles. The highest BCUT2D eigenvalue weighted by Gasteiger charge is 2.10. The normalized spacial score (nSPS) is 10.3. The van der Waals surface area contributed by atoms with Gasteiger partial charge in [0.25, 0.3) is 0 Å². The summed E-state index contributed by atoms with van der Waals surface area (Å²) in [7, 11) is 0. The number of halogens is 1. The van der Waals surface area contributed by atoms with Gasteiger partial charge in [0.2, 0.25) is 0 Å². The summed E-state index contributed by atoms with van der Waals surface area (Å²) in [6.07, 6.45) is 1.48. The molecule has 0 saturated heterocycles. The molecule has 0 atom stereocenters. The number of nitrogens with zero attached hydrogens (tertiary/aromatic N) is 1. The minimum absolute atomic E-state index is 0.0472. The van der Waals surface area contributed by atoms with Gasteiger partial charge in [-0.1, -0.05) is 23.7 Å². The average Bonchev–Trinajstić information content (AvgIpc) is 2.66. The third-order valence-corrected chi connectivity index (χ3v) is 2.44. The molecule has 0 unspecified atom stereocenters. The van der Waals surface area contributed by atoms with Gasteiger partial charge in [0, 0.05) is 10.6 Å². The van der Waals surface area contributed by atoms with Gasteiger partial charge in [-0.15, -0.1) is 0 Å². The Labute approximate surface area is 96.9 Å². The van der Waals surface area contributed by atoms with Crippen LogP contribution >= 0.6 is 11.6 Å². The minimum Gasteiger partial charge on any atom is -0.481 e. The molecule has 82 valence electrons. The molecule has 0 aliphatic rings. The molecule has 2 N–H and O–H groups in total. The fourth-order valence-electron chi connectivity index (χ4n) is 1.47. The van der Waals surface area contributed by atoms with Gasteiger partial charge in [0.15, 0.2) is 0 Å². The monoisotopic (exact) mass is 236 g/mol. The lowest BCUT2D eigenvalue weighted by Crippen LogP contribution is -2.00. The highest BCUT2D eigenvalue weighted by atomic mass is 35.5. The van der Waals surface area contributed by atoms with Crippen LogP contribution in [0, 0.1) is 0 Å². The molecule has 1 aromatic heterocycles. The average molecular weight is 237 g/mol. The summed E-state index contributed by atoms with van der Waals surface area (Å²) < 4.78 is 0. The van der Waals surface area contributed by atoms with Gasteiger partial charge >= 0.3 is 5.97 Å². The molecule has 2 rings (SSSR count). The Morgan fingerprint density at radius 1 is 1.38 bits per heavy atom. The predicted molar refractivity (Wildman–Crippen MR) is 60.4 cm³/mol. The van der Waals surface area contributed by atoms with Crippen LogP contribution in [0.5, 0.6) is 0 Å². The van der Waals surface area contributed by atoms with Crippen LogP contribution in [-0.2, 0) is 11.2 Å². The van der Waals surface area contributed by atoms with Crippen LogP contribution in [-0.4, -0.2) is 21.3 Å². The minimum atomic E-state index is -0.878. The zero-order chi connectivity index (χ0) is 11.5. The Morgan fingerprint density at radius 3 is 2.69 bits per heavy atom. The van der Waals surface area contributed by atoms with Crippen molar-refractivity contribution in [1.29, 1.82) is 0 Å². The van der Waals surface area contributed by atoms with E-state index in [0.29, 0.717) is 10.6 Å². The summed E-state index contributed by atoms with van der Waals surface area (Å²) in [5.74, 6) is -0.878. The van der Waals surface area contributed by atoms with E-state index in [1.807, 2.05) is 12.1 Å². The van der Waals surface area contributed by atoms with Gasteiger partial charge in [-0.05, 0) is 17.7 Å². The van der Waals surface area contributed by atoms with E-state index in [9.17, 15) is 4.79 Å². The molecule has 1 aromatic carbocycles. The van der Waals surface area contributed by atoms with Crippen molar-refractivity contribution in [2.45, 2.75) is 6.42 Å². The van der Waals surface area contributed by atoms with Gasteiger partial charge in [-0.25, -0.2) is 0 Å². The number of benzene rings is 1. The molecule has 1 heterocycles. The van der Waals surface area contributed by atoms with Crippen LogP contribution in [0.3, 0.4) is 0 Å².